The quantitative estimate of drug-likeness (QED) is 0.884. The molecule has 1 aromatic carbocycles. The molecule has 0 saturated carbocycles. The van der Waals surface area contributed by atoms with Gasteiger partial charge < -0.3 is 0 Å². The number of nitrogens with one attached hydrogen (secondary N) is 2. The zero-order chi connectivity index (χ0) is 13.2. The Balaban J connectivity index is 1.80. The van der Waals surface area contributed by atoms with Crippen molar-refractivity contribution in [2.75, 3.05) is 13.1 Å². The summed E-state index contributed by atoms with van der Waals surface area (Å²) in [6.45, 7) is 4.63. The van der Waals surface area contributed by atoms with Gasteiger partial charge in [0, 0.05) is 11.6 Å². The van der Waals surface area contributed by atoms with Crippen molar-refractivity contribution in [2.45, 2.75) is 25.8 Å². The molecule has 0 bridgehead atoms. The van der Waals surface area contributed by atoms with Crippen LogP contribution >= 0.6 is 0 Å². The van der Waals surface area contributed by atoms with Gasteiger partial charge >= 0.3 is 5.69 Å². The molecule has 1 aromatic heterocycles. The molecule has 0 spiro atoms. The van der Waals surface area contributed by atoms with Crippen LogP contribution < -0.4 is 5.69 Å². The van der Waals surface area contributed by atoms with Crippen LogP contribution in [0.4, 0.5) is 0 Å². The van der Waals surface area contributed by atoms with Gasteiger partial charge in [-0.3, -0.25) is 9.88 Å². The van der Waals surface area contributed by atoms with Crippen LogP contribution in [0.3, 0.4) is 0 Å². The second kappa shape index (κ2) is 5.01. The van der Waals surface area contributed by atoms with Gasteiger partial charge in [-0.05, 0) is 38.4 Å². The zero-order valence-corrected chi connectivity index (χ0v) is 11.0. The van der Waals surface area contributed by atoms with Crippen molar-refractivity contribution in [3.63, 3.8) is 0 Å². The van der Waals surface area contributed by atoms with Crippen LogP contribution in [0, 0.1) is 0 Å². The van der Waals surface area contributed by atoms with E-state index in [0.29, 0.717) is 11.9 Å². The van der Waals surface area contributed by atoms with Gasteiger partial charge in [0.05, 0.1) is 0 Å². The average molecular weight is 258 g/mol. The van der Waals surface area contributed by atoms with Crippen LogP contribution in [0.15, 0.2) is 29.1 Å². The average Bonchev–Trinajstić information content (AvgIpc) is 3.09. The third-order valence-corrected chi connectivity index (χ3v) is 3.86. The number of H-pyrrole nitrogens is 2. The molecule has 19 heavy (non-hydrogen) atoms. The van der Waals surface area contributed by atoms with E-state index in [9.17, 15) is 4.79 Å². The van der Waals surface area contributed by atoms with E-state index in [1.807, 2.05) is 12.1 Å². The third kappa shape index (κ3) is 2.46. The summed E-state index contributed by atoms with van der Waals surface area (Å²) in [5.41, 5.74) is 1.96. The molecule has 1 fully saturated rings. The van der Waals surface area contributed by atoms with E-state index in [4.69, 9.17) is 0 Å². The molecular weight excluding hydrogens is 240 g/mol. The Bertz CT molecular complexity index is 592. The maximum absolute atomic E-state index is 11.0. The lowest BCUT2D eigenvalue weighted by atomic mass is 10.0. The van der Waals surface area contributed by atoms with Crippen LogP contribution in [0.25, 0.3) is 11.4 Å². The number of likely N-dealkylation sites (tertiary alicyclic amines) is 1. The fourth-order valence-electron chi connectivity index (χ4n) is 2.67. The lowest BCUT2D eigenvalue weighted by molar-refractivity contribution is 0.263. The van der Waals surface area contributed by atoms with Gasteiger partial charge in [0.2, 0.25) is 0 Å². The highest BCUT2D eigenvalue weighted by Gasteiger charge is 2.19. The maximum atomic E-state index is 11.0. The molecule has 2 heterocycles. The normalized spacial score (nSPS) is 17.7. The number of rotatable bonds is 3. The molecule has 2 N–H and O–H groups in total. The van der Waals surface area contributed by atoms with Crippen molar-refractivity contribution in [1.82, 2.24) is 20.1 Å². The van der Waals surface area contributed by atoms with Gasteiger partial charge in [0.1, 0.15) is 0 Å². The van der Waals surface area contributed by atoms with E-state index >= 15 is 0 Å². The van der Waals surface area contributed by atoms with Crippen LogP contribution in [0.1, 0.15) is 31.4 Å². The highest BCUT2D eigenvalue weighted by atomic mass is 16.1. The predicted octanol–water partition coefficient (Wildman–Crippen LogP) is 1.92. The first-order chi connectivity index (χ1) is 9.24. The number of hydrogen-bond acceptors (Lipinski definition) is 3. The molecule has 0 radical (unpaired) electrons. The summed E-state index contributed by atoms with van der Waals surface area (Å²) >= 11 is 0. The summed E-state index contributed by atoms with van der Waals surface area (Å²) < 4.78 is 0. The van der Waals surface area contributed by atoms with E-state index in [1.54, 1.807) is 0 Å². The largest absolute Gasteiger partial charge is 0.340 e. The van der Waals surface area contributed by atoms with Crippen molar-refractivity contribution in [3.05, 3.63) is 40.3 Å². The van der Waals surface area contributed by atoms with Crippen LogP contribution in [0.5, 0.6) is 0 Å². The molecule has 1 aliphatic rings. The first kappa shape index (κ1) is 12.2. The molecule has 1 saturated heterocycles. The lowest BCUT2D eigenvalue weighted by Gasteiger charge is -2.24. The number of nitrogens with zero attached hydrogens (tertiary/aromatic N) is 2. The van der Waals surface area contributed by atoms with Crippen molar-refractivity contribution < 1.29 is 0 Å². The van der Waals surface area contributed by atoms with E-state index in [1.165, 1.54) is 31.5 Å². The summed E-state index contributed by atoms with van der Waals surface area (Å²) in [4.78, 5) is 16.2. The van der Waals surface area contributed by atoms with Gasteiger partial charge in [0.25, 0.3) is 0 Å². The Morgan fingerprint density at radius 3 is 2.47 bits per heavy atom. The van der Waals surface area contributed by atoms with Crippen molar-refractivity contribution in [3.8, 4) is 11.4 Å². The molecule has 5 nitrogen and oxygen atoms in total. The van der Waals surface area contributed by atoms with Crippen molar-refractivity contribution in [1.29, 1.82) is 0 Å². The fourth-order valence-corrected chi connectivity index (χ4v) is 2.67. The van der Waals surface area contributed by atoms with Crippen LogP contribution in [-0.2, 0) is 0 Å². The summed E-state index contributed by atoms with van der Waals surface area (Å²) in [5.74, 6) is 0.588. The smallest absolute Gasteiger partial charge is 0.297 e. The summed E-state index contributed by atoms with van der Waals surface area (Å²) in [7, 11) is 0. The molecule has 5 heteroatoms. The summed E-state index contributed by atoms with van der Waals surface area (Å²) in [5, 5.41) is 6.31. The Labute approximate surface area is 111 Å². The first-order valence-corrected chi connectivity index (χ1v) is 6.73. The minimum atomic E-state index is -0.274. The topological polar surface area (TPSA) is 64.8 Å². The first-order valence-electron chi connectivity index (χ1n) is 6.73. The van der Waals surface area contributed by atoms with Gasteiger partial charge in [-0.2, -0.15) is 5.10 Å². The van der Waals surface area contributed by atoms with Gasteiger partial charge in [-0.25, -0.2) is 9.89 Å². The summed E-state index contributed by atoms with van der Waals surface area (Å²) in [6, 6.07) is 8.70. The molecule has 1 atom stereocenters. The van der Waals surface area contributed by atoms with E-state index < -0.39 is 0 Å². The Kier molecular flexibility index (Phi) is 3.21. The van der Waals surface area contributed by atoms with E-state index in [0.717, 1.165) is 5.56 Å². The number of hydrogen-bond donors (Lipinski definition) is 2. The minimum absolute atomic E-state index is 0.274. The predicted molar refractivity (Wildman–Crippen MR) is 73.9 cm³/mol. The molecule has 100 valence electrons. The number of aromatic amines is 2. The van der Waals surface area contributed by atoms with Crippen LogP contribution in [0.2, 0.25) is 0 Å². The Morgan fingerprint density at radius 1 is 1.21 bits per heavy atom. The van der Waals surface area contributed by atoms with E-state index in [-0.39, 0.29) is 5.69 Å². The lowest BCUT2D eigenvalue weighted by Crippen LogP contribution is -2.23. The monoisotopic (exact) mass is 258 g/mol. The second-order valence-electron chi connectivity index (χ2n) is 5.07. The number of benzene rings is 1. The Hall–Kier alpha value is -1.88. The number of aromatic nitrogens is 3. The summed E-state index contributed by atoms with van der Waals surface area (Å²) in [6.07, 6.45) is 2.61. The molecule has 0 amide bonds. The van der Waals surface area contributed by atoms with Crippen LogP contribution in [-0.4, -0.2) is 33.2 Å². The molecule has 2 aromatic rings. The van der Waals surface area contributed by atoms with Crippen molar-refractivity contribution >= 4 is 0 Å². The molecular formula is C14H18N4O. The zero-order valence-electron chi connectivity index (χ0n) is 11.0. The Morgan fingerprint density at radius 2 is 1.89 bits per heavy atom. The van der Waals surface area contributed by atoms with E-state index in [2.05, 4.69) is 39.1 Å². The SMILES string of the molecule is CC(c1ccc(-c2n[nH]c(=O)[nH]2)cc1)N1CCCC1. The maximum Gasteiger partial charge on any atom is 0.340 e. The highest BCUT2D eigenvalue weighted by molar-refractivity contribution is 5.54. The fraction of sp³-hybridized carbons (Fsp3) is 0.429. The van der Waals surface area contributed by atoms with Crippen molar-refractivity contribution in [2.24, 2.45) is 0 Å². The molecule has 1 aliphatic heterocycles. The van der Waals surface area contributed by atoms with Gasteiger partial charge in [0.15, 0.2) is 5.82 Å². The standard InChI is InChI=1S/C14H18N4O/c1-10(18-8-2-3-9-18)11-4-6-12(7-5-11)13-15-14(19)17-16-13/h4-7,10H,2-3,8-9H2,1H3,(H2,15,16,17,19). The minimum Gasteiger partial charge on any atom is -0.297 e. The molecule has 3 rings (SSSR count). The molecule has 1 unspecified atom stereocenters. The van der Waals surface area contributed by atoms with Gasteiger partial charge in [-0.15, -0.1) is 0 Å². The molecule has 0 aliphatic carbocycles. The second-order valence-corrected chi connectivity index (χ2v) is 5.07. The highest BCUT2D eigenvalue weighted by Crippen LogP contribution is 2.25. The van der Waals surface area contributed by atoms with Gasteiger partial charge in [-0.1, -0.05) is 24.3 Å². The third-order valence-electron chi connectivity index (χ3n) is 3.86.